The van der Waals surface area contributed by atoms with E-state index in [9.17, 15) is 4.79 Å². The summed E-state index contributed by atoms with van der Waals surface area (Å²) in [4.78, 5) is 11.8. The molecule has 1 aromatic carbocycles. The summed E-state index contributed by atoms with van der Waals surface area (Å²) in [5.41, 5.74) is 0.637. The lowest BCUT2D eigenvalue weighted by molar-refractivity contribution is 0.241. The van der Waals surface area contributed by atoms with Crippen molar-refractivity contribution in [1.29, 1.82) is 0 Å². The Kier molecular flexibility index (Phi) is 4.65. The SMILES string of the molecule is CC(C)Oc1ccccc1NC(=O)NCc1ccco1. The Morgan fingerprint density at radius 2 is 2.05 bits per heavy atom. The highest BCUT2D eigenvalue weighted by molar-refractivity contribution is 5.90. The maximum absolute atomic E-state index is 11.8. The minimum atomic E-state index is -0.304. The minimum Gasteiger partial charge on any atom is -0.489 e. The number of urea groups is 1. The Hall–Kier alpha value is -2.43. The number of carbonyl (C=O) groups excluding carboxylic acids is 1. The number of anilines is 1. The van der Waals surface area contributed by atoms with Gasteiger partial charge in [0.05, 0.1) is 24.6 Å². The second-order valence-electron chi connectivity index (χ2n) is 4.55. The van der Waals surface area contributed by atoms with Crippen LogP contribution in [0.2, 0.25) is 0 Å². The van der Waals surface area contributed by atoms with Crippen LogP contribution < -0.4 is 15.4 Å². The Balaban J connectivity index is 1.93. The monoisotopic (exact) mass is 274 g/mol. The molecule has 106 valence electrons. The number of amides is 2. The second-order valence-corrected chi connectivity index (χ2v) is 4.55. The van der Waals surface area contributed by atoms with Gasteiger partial charge in [0.1, 0.15) is 11.5 Å². The van der Waals surface area contributed by atoms with Crippen molar-refractivity contribution in [3.63, 3.8) is 0 Å². The molecule has 0 unspecified atom stereocenters. The van der Waals surface area contributed by atoms with Gasteiger partial charge in [-0.15, -0.1) is 0 Å². The van der Waals surface area contributed by atoms with E-state index in [1.807, 2.05) is 32.0 Å². The number of carbonyl (C=O) groups is 1. The smallest absolute Gasteiger partial charge is 0.319 e. The number of para-hydroxylation sites is 2. The van der Waals surface area contributed by atoms with E-state index in [-0.39, 0.29) is 12.1 Å². The van der Waals surface area contributed by atoms with E-state index in [2.05, 4.69) is 10.6 Å². The molecule has 0 fully saturated rings. The summed E-state index contributed by atoms with van der Waals surface area (Å²) < 4.78 is 10.8. The van der Waals surface area contributed by atoms with E-state index < -0.39 is 0 Å². The van der Waals surface area contributed by atoms with E-state index in [1.165, 1.54) is 0 Å². The fraction of sp³-hybridized carbons (Fsp3) is 0.267. The van der Waals surface area contributed by atoms with Gasteiger partial charge in [-0.3, -0.25) is 0 Å². The summed E-state index contributed by atoms with van der Waals surface area (Å²) >= 11 is 0. The van der Waals surface area contributed by atoms with E-state index in [0.717, 1.165) is 0 Å². The first-order valence-corrected chi connectivity index (χ1v) is 6.48. The molecule has 2 N–H and O–H groups in total. The van der Waals surface area contributed by atoms with Crippen LogP contribution in [0.1, 0.15) is 19.6 Å². The first-order chi connectivity index (χ1) is 9.65. The van der Waals surface area contributed by atoms with Crippen molar-refractivity contribution < 1.29 is 13.9 Å². The Morgan fingerprint density at radius 1 is 1.25 bits per heavy atom. The van der Waals surface area contributed by atoms with Gasteiger partial charge in [0.2, 0.25) is 0 Å². The van der Waals surface area contributed by atoms with Gasteiger partial charge in [0, 0.05) is 0 Å². The van der Waals surface area contributed by atoms with Crippen molar-refractivity contribution in [2.45, 2.75) is 26.5 Å². The molecule has 0 saturated carbocycles. The molecule has 0 atom stereocenters. The molecule has 2 amide bonds. The predicted molar refractivity (Wildman–Crippen MR) is 76.8 cm³/mol. The van der Waals surface area contributed by atoms with Crippen LogP contribution in [0.5, 0.6) is 5.75 Å². The molecular weight excluding hydrogens is 256 g/mol. The largest absolute Gasteiger partial charge is 0.489 e. The van der Waals surface area contributed by atoms with Gasteiger partial charge >= 0.3 is 6.03 Å². The highest BCUT2D eigenvalue weighted by atomic mass is 16.5. The van der Waals surface area contributed by atoms with Crippen LogP contribution in [0.4, 0.5) is 10.5 Å². The zero-order valence-corrected chi connectivity index (χ0v) is 11.6. The van der Waals surface area contributed by atoms with E-state index in [1.54, 1.807) is 24.5 Å². The van der Waals surface area contributed by atoms with E-state index in [4.69, 9.17) is 9.15 Å². The summed E-state index contributed by atoms with van der Waals surface area (Å²) in [6.07, 6.45) is 1.62. The zero-order chi connectivity index (χ0) is 14.4. The fourth-order valence-corrected chi connectivity index (χ4v) is 1.67. The number of benzene rings is 1. The summed E-state index contributed by atoms with van der Waals surface area (Å²) in [6, 6.07) is 10.6. The molecule has 0 bridgehead atoms. The first-order valence-electron chi connectivity index (χ1n) is 6.48. The van der Waals surface area contributed by atoms with Crippen molar-refractivity contribution in [3.05, 3.63) is 48.4 Å². The maximum atomic E-state index is 11.8. The third kappa shape index (κ3) is 4.05. The van der Waals surface area contributed by atoms with Crippen molar-refractivity contribution in [1.82, 2.24) is 5.32 Å². The normalized spacial score (nSPS) is 10.3. The van der Waals surface area contributed by atoms with Gasteiger partial charge in [0.15, 0.2) is 0 Å². The molecule has 0 spiro atoms. The first kappa shape index (κ1) is 14.0. The van der Waals surface area contributed by atoms with Crippen LogP contribution in [0, 0.1) is 0 Å². The predicted octanol–water partition coefficient (Wildman–Crippen LogP) is 3.39. The van der Waals surface area contributed by atoms with Gasteiger partial charge < -0.3 is 19.8 Å². The van der Waals surface area contributed by atoms with Crippen LogP contribution in [-0.2, 0) is 6.54 Å². The van der Waals surface area contributed by atoms with Crippen molar-refractivity contribution in [2.75, 3.05) is 5.32 Å². The van der Waals surface area contributed by atoms with Gasteiger partial charge in [0.25, 0.3) is 0 Å². The average molecular weight is 274 g/mol. The molecule has 5 nitrogen and oxygen atoms in total. The molecule has 1 heterocycles. The number of furan rings is 1. The molecular formula is C15H18N2O3. The molecule has 2 aromatic rings. The molecule has 0 aliphatic heterocycles. The number of ether oxygens (including phenoxy) is 1. The van der Waals surface area contributed by atoms with Gasteiger partial charge in [-0.2, -0.15) is 0 Å². The van der Waals surface area contributed by atoms with Gasteiger partial charge in [-0.1, -0.05) is 12.1 Å². The molecule has 0 saturated heterocycles. The molecule has 5 heteroatoms. The Labute approximate surface area is 117 Å². The van der Waals surface area contributed by atoms with E-state index in [0.29, 0.717) is 23.7 Å². The van der Waals surface area contributed by atoms with Crippen molar-refractivity contribution in [3.8, 4) is 5.75 Å². The van der Waals surface area contributed by atoms with Gasteiger partial charge in [-0.05, 0) is 38.1 Å². The Bertz CT molecular complexity index is 550. The summed E-state index contributed by atoms with van der Waals surface area (Å²) in [7, 11) is 0. The summed E-state index contributed by atoms with van der Waals surface area (Å²) in [6.45, 7) is 4.22. The molecule has 0 radical (unpaired) electrons. The molecule has 0 aliphatic carbocycles. The van der Waals surface area contributed by atoms with Crippen molar-refractivity contribution >= 4 is 11.7 Å². The average Bonchev–Trinajstić information content (AvgIpc) is 2.91. The molecule has 0 aliphatic rings. The Morgan fingerprint density at radius 3 is 2.75 bits per heavy atom. The van der Waals surface area contributed by atoms with Crippen LogP contribution in [0.15, 0.2) is 47.1 Å². The van der Waals surface area contributed by atoms with Crippen LogP contribution in [-0.4, -0.2) is 12.1 Å². The summed E-state index contributed by atoms with van der Waals surface area (Å²) in [5, 5.41) is 5.48. The third-order valence-corrected chi connectivity index (χ3v) is 2.50. The summed E-state index contributed by atoms with van der Waals surface area (Å²) in [5.74, 6) is 1.35. The fourth-order valence-electron chi connectivity index (χ4n) is 1.67. The third-order valence-electron chi connectivity index (χ3n) is 2.50. The van der Waals surface area contributed by atoms with Crippen LogP contribution in [0.25, 0.3) is 0 Å². The second kappa shape index (κ2) is 6.65. The quantitative estimate of drug-likeness (QED) is 0.878. The minimum absolute atomic E-state index is 0.0455. The van der Waals surface area contributed by atoms with Crippen molar-refractivity contribution in [2.24, 2.45) is 0 Å². The maximum Gasteiger partial charge on any atom is 0.319 e. The highest BCUT2D eigenvalue weighted by Crippen LogP contribution is 2.24. The lowest BCUT2D eigenvalue weighted by Gasteiger charge is -2.14. The standard InChI is InChI=1S/C15H18N2O3/c1-11(2)20-14-8-4-3-7-13(14)17-15(18)16-10-12-6-5-9-19-12/h3-9,11H,10H2,1-2H3,(H2,16,17,18). The van der Waals surface area contributed by atoms with Crippen LogP contribution >= 0.6 is 0 Å². The number of rotatable bonds is 5. The number of hydrogen-bond donors (Lipinski definition) is 2. The van der Waals surface area contributed by atoms with Gasteiger partial charge in [-0.25, -0.2) is 4.79 Å². The lowest BCUT2D eigenvalue weighted by Crippen LogP contribution is -2.28. The molecule has 2 rings (SSSR count). The lowest BCUT2D eigenvalue weighted by atomic mass is 10.3. The van der Waals surface area contributed by atoms with Crippen LogP contribution in [0.3, 0.4) is 0 Å². The topological polar surface area (TPSA) is 63.5 Å². The van der Waals surface area contributed by atoms with E-state index >= 15 is 0 Å². The molecule has 20 heavy (non-hydrogen) atoms. The molecule has 1 aromatic heterocycles. The zero-order valence-electron chi connectivity index (χ0n) is 11.6. The number of nitrogens with one attached hydrogen (secondary N) is 2. The highest BCUT2D eigenvalue weighted by Gasteiger charge is 2.08. The number of hydrogen-bond acceptors (Lipinski definition) is 3.